The van der Waals surface area contributed by atoms with Gasteiger partial charge in [-0.05, 0) is 62.8 Å². The molecular weight excluding hydrogens is 477 g/mol. The Balaban J connectivity index is 1.40. The molecule has 2 aliphatic rings. The number of aryl methyl sites for hydroxylation is 1. The van der Waals surface area contributed by atoms with E-state index in [0.717, 1.165) is 48.3 Å². The number of amides is 1. The van der Waals surface area contributed by atoms with Crippen molar-refractivity contribution in [3.8, 4) is 5.75 Å². The number of hydrogen-bond acceptors (Lipinski definition) is 7. The van der Waals surface area contributed by atoms with E-state index in [9.17, 15) is 9.18 Å². The summed E-state index contributed by atoms with van der Waals surface area (Å²) in [5.74, 6) is 1.29. The van der Waals surface area contributed by atoms with Gasteiger partial charge in [0.1, 0.15) is 34.6 Å². The minimum absolute atomic E-state index is 0.0154. The van der Waals surface area contributed by atoms with Crippen molar-refractivity contribution in [3.05, 3.63) is 40.8 Å². The van der Waals surface area contributed by atoms with Gasteiger partial charge in [0.25, 0.3) is 5.91 Å². The van der Waals surface area contributed by atoms with Gasteiger partial charge in [0.2, 0.25) is 0 Å². The van der Waals surface area contributed by atoms with Gasteiger partial charge in [-0.15, -0.1) is 11.3 Å². The molecule has 1 aliphatic heterocycles. The number of ether oxygens (including phenoxy) is 1. The van der Waals surface area contributed by atoms with Crippen molar-refractivity contribution in [2.75, 3.05) is 32.0 Å². The van der Waals surface area contributed by atoms with E-state index in [1.807, 2.05) is 18.9 Å². The van der Waals surface area contributed by atoms with Gasteiger partial charge >= 0.3 is 0 Å². The second-order valence-electron chi connectivity index (χ2n) is 10.0. The van der Waals surface area contributed by atoms with Crippen LogP contribution in [0, 0.1) is 18.7 Å². The molecule has 1 amide bonds. The Bertz CT molecular complexity index is 1220. The molecule has 0 radical (unpaired) electrons. The number of fused-ring (bicyclic) bond motifs is 1. The van der Waals surface area contributed by atoms with E-state index in [1.165, 1.54) is 61.9 Å². The van der Waals surface area contributed by atoms with E-state index in [2.05, 4.69) is 20.6 Å². The summed E-state index contributed by atoms with van der Waals surface area (Å²) in [6.07, 6.45) is 9.63. The van der Waals surface area contributed by atoms with Gasteiger partial charge in [0.15, 0.2) is 0 Å². The average molecular weight is 512 g/mol. The maximum atomic E-state index is 14.1. The lowest BCUT2D eigenvalue weighted by Gasteiger charge is -2.27. The number of carbonyl (C=O) groups excluding carboxylic acids is 1. The van der Waals surface area contributed by atoms with Gasteiger partial charge in [0, 0.05) is 26.2 Å². The number of piperidine rings is 1. The molecule has 1 aliphatic carbocycles. The van der Waals surface area contributed by atoms with Crippen molar-refractivity contribution in [2.45, 2.75) is 58.0 Å². The number of anilines is 2. The van der Waals surface area contributed by atoms with Crippen LogP contribution in [0.1, 0.15) is 60.2 Å². The maximum Gasteiger partial charge on any atom is 0.264 e. The van der Waals surface area contributed by atoms with Crippen LogP contribution in [0.4, 0.5) is 15.9 Å². The smallest absolute Gasteiger partial charge is 0.264 e. The maximum absolute atomic E-state index is 14.1. The first-order valence-electron chi connectivity index (χ1n) is 12.9. The lowest BCUT2D eigenvalue weighted by molar-refractivity contribution is 0.0765. The predicted molar refractivity (Wildman–Crippen MR) is 142 cm³/mol. The summed E-state index contributed by atoms with van der Waals surface area (Å²) in [6.45, 7) is 4.44. The number of benzene rings is 1. The molecule has 7 nitrogen and oxygen atoms in total. The number of rotatable bonds is 7. The number of thiophene rings is 1. The molecule has 2 aromatic heterocycles. The molecule has 192 valence electrons. The Kier molecular flexibility index (Phi) is 7.67. The van der Waals surface area contributed by atoms with Crippen molar-refractivity contribution in [2.24, 2.45) is 5.92 Å². The zero-order chi connectivity index (χ0) is 25.1. The summed E-state index contributed by atoms with van der Waals surface area (Å²) in [5.41, 5.74) is 1.49. The lowest BCUT2D eigenvalue weighted by Crippen LogP contribution is -2.37. The molecule has 1 saturated heterocycles. The third-order valence-electron chi connectivity index (χ3n) is 7.27. The van der Waals surface area contributed by atoms with Crippen LogP contribution >= 0.6 is 11.3 Å². The summed E-state index contributed by atoms with van der Waals surface area (Å²) in [4.78, 5) is 25.6. The normalized spacial score (nSPS) is 18.8. The fourth-order valence-electron chi connectivity index (χ4n) is 5.31. The molecule has 9 heteroatoms. The summed E-state index contributed by atoms with van der Waals surface area (Å²) in [7, 11) is 1.90. The minimum Gasteiger partial charge on any atom is -0.487 e. The molecule has 0 bridgehead atoms. The summed E-state index contributed by atoms with van der Waals surface area (Å²) in [6, 6.07) is 4.48. The van der Waals surface area contributed by atoms with Crippen LogP contribution in [0.5, 0.6) is 5.75 Å². The Hall–Kier alpha value is -2.78. The van der Waals surface area contributed by atoms with Crippen LogP contribution in [0.25, 0.3) is 10.2 Å². The second-order valence-corrected chi connectivity index (χ2v) is 11.0. The largest absolute Gasteiger partial charge is 0.487 e. The van der Waals surface area contributed by atoms with Crippen molar-refractivity contribution < 1.29 is 13.9 Å². The highest BCUT2D eigenvalue weighted by molar-refractivity contribution is 7.20. The molecule has 0 spiro atoms. The molecule has 1 aromatic carbocycles. The summed E-state index contributed by atoms with van der Waals surface area (Å²) >= 11 is 1.40. The quantitative estimate of drug-likeness (QED) is 0.426. The van der Waals surface area contributed by atoms with E-state index in [4.69, 9.17) is 4.74 Å². The standard InChI is InChI=1S/C27H34FN5O2S/c1-17-23-25(32-21-11-10-19(28)13-22(21)35-20-9-6-12-29-14-20)30-16-31-26(23)36-24(17)27(34)33(2)15-18-7-4-3-5-8-18/h10-11,13,16,18,20,29H,3-9,12,14-15H2,1-2H3,(H,30,31,32). The van der Waals surface area contributed by atoms with E-state index in [0.29, 0.717) is 28.0 Å². The average Bonchev–Trinajstić information content (AvgIpc) is 3.23. The van der Waals surface area contributed by atoms with E-state index < -0.39 is 0 Å². The molecule has 3 aromatic rings. The Morgan fingerprint density at radius 2 is 2.06 bits per heavy atom. The van der Waals surface area contributed by atoms with Gasteiger partial charge < -0.3 is 20.3 Å². The highest BCUT2D eigenvalue weighted by Crippen LogP contribution is 2.37. The first-order valence-corrected chi connectivity index (χ1v) is 13.7. The van der Waals surface area contributed by atoms with Gasteiger partial charge in [-0.25, -0.2) is 14.4 Å². The Morgan fingerprint density at radius 1 is 1.22 bits per heavy atom. The van der Waals surface area contributed by atoms with Gasteiger partial charge in [-0.3, -0.25) is 4.79 Å². The predicted octanol–water partition coefficient (Wildman–Crippen LogP) is 5.67. The van der Waals surface area contributed by atoms with E-state index in [-0.39, 0.29) is 17.8 Å². The van der Waals surface area contributed by atoms with Crippen molar-refractivity contribution in [1.29, 1.82) is 0 Å². The molecule has 1 saturated carbocycles. The van der Waals surface area contributed by atoms with Gasteiger partial charge in [0.05, 0.1) is 16.0 Å². The van der Waals surface area contributed by atoms with Crippen LogP contribution in [0.15, 0.2) is 24.5 Å². The zero-order valence-electron chi connectivity index (χ0n) is 21.0. The van der Waals surface area contributed by atoms with Crippen LogP contribution < -0.4 is 15.4 Å². The zero-order valence-corrected chi connectivity index (χ0v) is 21.8. The molecular formula is C27H34FN5O2S. The first kappa shape index (κ1) is 24.9. The molecule has 36 heavy (non-hydrogen) atoms. The van der Waals surface area contributed by atoms with Gasteiger partial charge in [-0.2, -0.15) is 0 Å². The highest BCUT2D eigenvalue weighted by Gasteiger charge is 2.25. The number of hydrogen-bond donors (Lipinski definition) is 2. The lowest BCUT2D eigenvalue weighted by atomic mass is 9.89. The van der Waals surface area contributed by atoms with E-state index >= 15 is 0 Å². The fourth-order valence-corrected chi connectivity index (χ4v) is 6.45. The van der Waals surface area contributed by atoms with E-state index in [1.54, 1.807) is 6.07 Å². The summed E-state index contributed by atoms with van der Waals surface area (Å²) in [5, 5.41) is 7.47. The van der Waals surface area contributed by atoms with Crippen LogP contribution in [-0.2, 0) is 0 Å². The molecule has 3 heterocycles. The molecule has 1 unspecified atom stereocenters. The number of nitrogens with one attached hydrogen (secondary N) is 2. The third kappa shape index (κ3) is 5.47. The Morgan fingerprint density at radius 3 is 2.83 bits per heavy atom. The van der Waals surface area contributed by atoms with Gasteiger partial charge in [-0.1, -0.05) is 19.3 Å². The number of halogens is 1. The molecule has 5 rings (SSSR count). The fraction of sp³-hybridized carbons (Fsp3) is 0.519. The highest BCUT2D eigenvalue weighted by atomic mass is 32.1. The third-order valence-corrected chi connectivity index (χ3v) is 8.45. The first-order chi connectivity index (χ1) is 17.5. The van der Waals surface area contributed by atoms with Crippen LogP contribution in [0.3, 0.4) is 0 Å². The summed E-state index contributed by atoms with van der Waals surface area (Å²) < 4.78 is 20.3. The Labute approximate surface area is 215 Å². The van der Waals surface area contributed by atoms with Crippen molar-refractivity contribution in [1.82, 2.24) is 20.2 Å². The number of carbonyl (C=O) groups is 1. The minimum atomic E-state index is -0.354. The molecule has 1 atom stereocenters. The number of nitrogens with zero attached hydrogens (tertiary/aromatic N) is 3. The monoisotopic (exact) mass is 511 g/mol. The molecule has 2 fully saturated rings. The van der Waals surface area contributed by atoms with Crippen LogP contribution in [-0.4, -0.2) is 53.6 Å². The molecule has 2 N–H and O–H groups in total. The van der Waals surface area contributed by atoms with Crippen LogP contribution in [0.2, 0.25) is 0 Å². The SMILES string of the molecule is Cc1c(C(=O)N(C)CC2CCCCC2)sc2ncnc(Nc3ccc(F)cc3OC3CCCNC3)c12. The van der Waals surface area contributed by atoms with Crippen molar-refractivity contribution >= 4 is 39.0 Å². The second kappa shape index (κ2) is 11.1. The number of aromatic nitrogens is 2. The topological polar surface area (TPSA) is 79.4 Å². The van der Waals surface area contributed by atoms with Crippen molar-refractivity contribution in [3.63, 3.8) is 0 Å².